The zero-order valence-electron chi connectivity index (χ0n) is 16.1. The Morgan fingerprint density at radius 3 is 2.50 bits per heavy atom. The minimum Gasteiger partial charge on any atom is -0.497 e. The predicted octanol–water partition coefficient (Wildman–Crippen LogP) is 4.79. The average Bonchev–Trinajstić information content (AvgIpc) is 3.21. The second-order valence-corrected chi connectivity index (χ2v) is 7.70. The van der Waals surface area contributed by atoms with Crippen molar-refractivity contribution in [2.75, 3.05) is 20.8 Å². The first kappa shape index (κ1) is 20.4. The van der Waals surface area contributed by atoms with Crippen LogP contribution in [-0.2, 0) is 4.79 Å². The number of ketones is 1. The van der Waals surface area contributed by atoms with Gasteiger partial charge in [-0.05, 0) is 43.2 Å². The number of hydrogen-bond acceptors (Lipinski definition) is 4. The van der Waals surface area contributed by atoms with Crippen LogP contribution in [0.1, 0.15) is 47.6 Å². The molecular weight excluding hydrogens is 422 g/mol. The number of ether oxygens (including phenoxy) is 2. The maximum absolute atomic E-state index is 12.9. The first-order valence-corrected chi connectivity index (χ1v) is 10.1. The van der Waals surface area contributed by atoms with Crippen LogP contribution in [0, 0.1) is 0 Å². The Morgan fingerprint density at radius 1 is 1.07 bits per heavy atom. The van der Waals surface area contributed by atoms with E-state index < -0.39 is 0 Å². The number of rotatable bonds is 7. The first-order valence-electron chi connectivity index (χ1n) is 9.33. The number of halogens is 1. The fraction of sp³-hybridized carbons (Fsp3) is 0.364. The van der Waals surface area contributed by atoms with Crippen molar-refractivity contribution in [1.29, 1.82) is 0 Å². The monoisotopic (exact) mass is 445 g/mol. The predicted molar refractivity (Wildman–Crippen MR) is 111 cm³/mol. The molecule has 1 amide bonds. The van der Waals surface area contributed by atoms with Gasteiger partial charge in [0.05, 0.1) is 20.3 Å². The van der Waals surface area contributed by atoms with E-state index in [4.69, 9.17) is 9.47 Å². The van der Waals surface area contributed by atoms with Gasteiger partial charge in [-0.3, -0.25) is 9.59 Å². The van der Waals surface area contributed by atoms with Crippen LogP contribution in [0.15, 0.2) is 46.9 Å². The maximum Gasteiger partial charge on any atom is 0.223 e. The quantitative estimate of drug-likeness (QED) is 0.574. The molecule has 0 bridgehead atoms. The summed E-state index contributed by atoms with van der Waals surface area (Å²) < 4.78 is 11.8. The summed E-state index contributed by atoms with van der Waals surface area (Å²) in [5, 5.41) is 0. The molecule has 1 aliphatic rings. The first-order chi connectivity index (χ1) is 13.5. The van der Waals surface area contributed by atoms with E-state index in [-0.39, 0.29) is 30.6 Å². The van der Waals surface area contributed by atoms with Crippen molar-refractivity contribution in [2.24, 2.45) is 0 Å². The molecule has 0 unspecified atom stereocenters. The Bertz CT molecular complexity index is 850. The number of amides is 1. The van der Waals surface area contributed by atoms with Gasteiger partial charge in [0, 0.05) is 35.0 Å². The molecular formula is C22H24BrNO4. The van der Waals surface area contributed by atoms with E-state index in [0.29, 0.717) is 12.1 Å². The molecule has 0 radical (unpaired) electrons. The lowest BCUT2D eigenvalue weighted by Crippen LogP contribution is -2.31. The van der Waals surface area contributed by atoms with Gasteiger partial charge in [0.2, 0.25) is 5.91 Å². The normalized spacial score (nSPS) is 16.1. The van der Waals surface area contributed by atoms with Crippen LogP contribution in [0.5, 0.6) is 11.5 Å². The van der Waals surface area contributed by atoms with Crippen LogP contribution in [0.3, 0.4) is 0 Å². The molecule has 1 heterocycles. The summed E-state index contributed by atoms with van der Waals surface area (Å²) in [5.41, 5.74) is 1.58. The molecule has 6 heteroatoms. The Kier molecular flexibility index (Phi) is 6.73. The summed E-state index contributed by atoms with van der Waals surface area (Å²) in [6.45, 7) is 0.691. The molecule has 1 saturated heterocycles. The third-order valence-corrected chi connectivity index (χ3v) is 5.63. The van der Waals surface area contributed by atoms with E-state index in [0.717, 1.165) is 34.4 Å². The second-order valence-electron chi connectivity index (χ2n) is 6.78. The van der Waals surface area contributed by atoms with E-state index >= 15 is 0 Å². The molecule has 0 N–H and O–H groups in total. The number of nitrogens with zero attached hydrogens (tertiary/aromatic N) is 1. The van der Waals surface area contributed by atoms with Gasteiger partial charge in [-0.1, -0.05) is 28.1 Å². The van der Waals surface area contributed by atoms with Gasteiger partial charge in [-0.25, -0.2) is 0 Å². The van der Waals surface area contributed by atoms with Crippen molar-refractivity contribution < 1.29 is 19.1 Å². The molecule has 1 aliphatic heterocycles. The standard InChI is InChI=1S/C22H24BrNO4/c1-27-17-9-11-21(28-2)18(14-17)19-4-3-13-24(19)22(26)12-10-20(25)15-5-7-16(23)8-6-15/h5-9,11,14,19H,3-4,10,12-13H2,1-2H3/t19-/m0/s1. The summed E-state index contributed by atoms with van der Waals surface area (Å²) in [5.74, 6) is 1.46. The third-order valence-electron chi connectivity index (χ3n) is 5.10. The van der Waals surface area contributed by atoms with Crippen molar-refractivity contribution >= 4 is 27.6 Å². The van der Waals surface area contributed by atoms with Crippen LogP contribution >= 0.6 is 15.9 Å². The summed E-state index contributed by atoms with van der Waals surface area (Å²) in [7, 11) is 3.25. The fourth-order valence-corrected chi connectivity index (χ4v) is 3.90. The van der Waals surface area contributed by atoms with E-state index in [9.17, 15) is 9.59 Å². The van der Waals surface area contributed by atoms with Gasteiger partial charge >= 0.3 is 0 Å². The van der Waals surface area contributed by atoms with Crippen LogP contribution in [0.2, 0.25) is 0 Å². The zero-order valence-corrected chi connectivity index (χ0v) is 17.7. The number of hydrogen-bond donors (Lipinski definition) is 0. The van der Waals surface area contributed by atoms with Crippen molar-refractivity contribution in [3.63, 3.8) is 0 Å². The van der Waals surface area contributed by atoms with Crippen molar-refractivity contribution in [3.05, 3.63) is 58.1 Å². The number of benzene rings is 2. The van der Waals surface area contributed by atoms with E-state index in [1.165, 1.54) is 0 Å². The minimum absolute atomic E-state index is 0.00200. The van der Waals surface area contributed by atoms with Crippen molar-refractivity contribution in [2.45, 2.75) is 31.7 Å². The molecule has 28 heavy (non-hydrogen) atoms. The van der Waals surface area contributed by atoms with Gasteiger partial charge < -0.3 is 14.4 Å². The molecule has 1 fully saturated rings. The SMILES string of the molecule is COc1ccc(OC)c([C@@H]2CCCN2C(=O)CCC(=O)c2ccc(Br)cc2)c1. The molecule has 0 spiro atoms. The molecule has 1 atom stereocenters. The Balaban J connectivity index is 1.69. The van der Waals surface area contributed by atoms with Crippen LogP contribution < -0.4 is 9.47 Å². The summed E-state index contributed by atoms with van der Waals surface area (Å²) in [4.78, 5) is 27.1. The van der Waals surface area contributed by atoms with Gasteiger partial charge in [0.15, 0.2) is 5.78 Å². The maximum atomic E-state index is 12.9. The number of carbonyl (C=O) groups is 2. The van der Waals surface area contributed by atoms with E-state index in [1.54, 1.807) is 26.4 Å². The molecule has 3 rings (SSSR count). The van der Waals surface area contributed by atoms with Crippen LogP contribution in [0.25, 0.3) is 0 Å². The average molecular weight is 446 g/mol. The minimum atomic E-state index is -0.0552. The topological polar surface area (TPSA) is 55.8 Å². The number of Topliss-reactive ketones (excluding diaryl/α,β-unsaturated/α-hetero) is 1. The van der Waals surface area contributed by atoms with Gasteiger partial charge in [0.25, 0.3) is 0 Å². The number of carbonyl (C=O) groups excluding carboxylic acids is 2. The lowest BCUT2D eigenvalue weighted by molar-refractivity contribution is -0.132. The zero-order chi connectivity index (χ0) is 20.1. The van der Waals surface area contributed by atoms with Crippen LogP contribution in [0.4, 0.5) is 0 Å². The third kappa shape index (κ3) is 4.55. The number of likely N-dealkylation sites (tertiary alicyclic amines) is 1. The largest absolute Gasteiger partial charge is 0.497 e. The Morgan fingerprint density at radius 2 is 1.82 bits per heavy atom. The number of methoxy groups -OCH3 is 2. The van der Waals surface area contributed by atoms with E-state index in [2.05, 4.69) is 15.9 Å². The highest BCUT2D eigenvalue weighted by molar-refractivity contribution is 9.10. The van der Waals surface area contributed by atoms with E-state index in [1.807, 2.05) is 35.2 Å². The molecule has 5 nitrogen and oxygen atoms in total. The van der Waals surface area contributed by atoms with Crippen molar-refractivity contribution in [1.82, 2.24) is 4.90 Å². The molecule has 2 aromatic carbocycles. The Hall–Kier alpha value is -2.34. The lowest BCUT2D eigenvalue weighted by Gasteiger charge is -2.26. The second kappa shape index (κ2) is 9.24. The molecule has 2 aromatic rings. The highest BCUT2D eigenvalue weighted by Gasteiger charge is 2.32. The highest BCUT2D eigenvalue weighted by atomic mass is 79.9. The molecule has 0 saturated carbocycles. The van der Waals surface area contributed by atoms with Crippen molar-refractivity contribution in [3.8, 4) is 11.5 Å². The lowest BCUT2D eigenvalue weighted by atomic mass is 10.0. The smallest absolute Gasteiger partial charge is 0.223 e. The van der Waals surface area contributed by atoms with Gasteiger partial charge in [-0.15, -0.1) is 0 Å². The molecule has 148 valence electrons. The van der Waals surface area contributed by atoms with Crippen LogP contribution in [-0.4, -0.2) is 37.4 Å². The summed E-state index contributed by atoms with van der Waals surface area (Å²) in [6, 6.07) is 12.8. The summed E-state index contributed by atoms with van der Waals surface area (Å²) >= 11 is 3.36. The fourth-order valence-electron chi connectivity index (χ4n) is 3.63. The van der Waals surface area contributed by atoms with Gasteiger partial charge in [0.1, 0.15) is 11.5 Å². The Labute approximate surface area is 173 Å². The molecule has 0 aliphatic carbocycles. The molecule has 0 aromatic heterocycles. The highest BCUT2D eigenvalue weighted by Crippen LogP contribution is 2.39. The van der Waals surface area contributed by atoms with Gasteiger partial charge in [-0.2, -0.15) is 0 Å². The summed E-state index contributed by atoms with van der Waals surface area (Å²) in [6.07, 6.45) is 2.21.